The van der Waals surface area contributed by atoms with Crippen molar-refractivity contribution in [3.05, 3.63) is 23.0 Å². The number of nitrogens with zero attached hydrogens (tertiary/aromatic N) is 1. The third kappa shape index (κ3) is 3.65. The highest BCUT2D eigenvalue weighted by Gasteiger charge is 2.32. The molecule has 1 heterocycles. The summed E-state index contributed by atoms with van der Waals surface area (Å²) in [6.07, 6.45) is 1.13. The average Bonchev–Trinajstić information content (AvgIpc) is 2.72. The smallest absolute Gasteiger partial charge is 0.305 e. The Kier molecular flexibility index (Phi) is 5.58. The number of carboxylic acids is 1. The van der Waals surface area contributed by atoms with Gasteiger partial charge in [0.05, 0.1) is 17.5 Å². The van der Waals surface area contributed by atoms with Crippen LogP contribution in [0.5, 0.6) is 0 Å². The van der Waals surface area contributed by atoms with Crippen molar-refractivity contribution < 1.29 is 14.7 Å². The highest BCUT2D eigenvalue weighted by molar-refractivity contribution is 5.96. The minimum atomic E-state index is -0.891. The summed E-state index contributed by atoms with van der Waals surface area (Å²) >= 11 is 0. The van der Waals surface area contributed by atoms with Crippen molar-refractivity contribution in [2.75, 3.05) is 0 Å². The Morgan fingerprint density at radius 3 is 2.19 bits per heavy atom. The van der Waals surface area contributed by atoms with E-state index in [4.69, 9.17) is 5.11 Å². The van der Waals surface area contributed by atoms with Gasteiger partial charge in [0.1, 0.15) is 0 Å². The van der Waals surface area contributed by atoms with Gasteiger partial charge in [0, 0.05) is 17.9 Å². The van der Waals surface area contributed by atoms with E-state index in [1.807, 2.05) is 40.7 Å². The SMILES string of the molecule is CCn1c(C)cc(C(=O)NC(CC)(CC)CC(=O)O)c1C. The summed E-state index contributed by atoms with van der Waals surface area (Å²) in [4.78, 5) is 23.6. The number of carbonyl (C=O) groups is 2. The van der Waals surface area contributed by atoms with Crippen molar-refractivity contribution in [3.8, 4) is 0 Å². The molecule has 0 aliphatic heterocycles. The summed E-state index contributed by atoms with van der Waals surface area (Å²) < 4.78 is 2.08. The zero-order chi connectivity index (χ0) is 16.2. The number of hydrogen-bond acceptors (Lipinski definition) is 2. The molecule has 1 aromatic rings. The van der Waals surface area contributed by atoms with Gasteiger partial charge in [-0.3, -0.25) is 9.59 Å². The largest absolute Gasteiger partial charge is 0.481 e. The lowest BCUT2D eigenvalue weighted by molar-refractivity contribution is -0.138. The number of aromatic nitrogens is 1. The van der Waals surface area contributed by atoms with E-state index in [1.54, 1.807) is 0 Å². The first-order valence-corrected chi connectivity index (χ1v) is 7.51. The monoisotopic (exact) mass is 294 g/mol. The second-order valence-electron chi connectivity index (χ2n) is 5.54. The minimum absolute atomic E-state index is 0.0573. The maximum absolute atomic E-state index is 12.5. The second kappa shape index (κ2) is 6.78. The highest BCUT2D eigenvalue weighted by atomic mass is 16.4. The summed E-state index contributed by atoms with van der Waals surface area (Å²) in [5.41, 5.74) is 1.91. The summed E-state index contributed by atoms with van der Waals surface area (Å²) in [6, 6.07) is 1.87. The number of amides is 1. The molecule has 0 aliphatic carbocycles. The van der Waals surface area contributed by atoms with E-state index in [-0.39, 0.29) is 12.3 Å². The quantitative estimate of drug-likeness (QED) is 0.812. The third-order valence-corrected chi connectivity index (χ3v) is 4.36. The van der Waals surface area contributed by atoms with Crippen molar-refractivity contribution >= 4 is 11.9 Å². The van der Waals surface area contributed by atoms with E-state index in [0.717, 1.165) is 17.9 Å². The number of carboxylic acid groups (broad SMARTS) is 1. The maximum Gasteiger partial charge on any atom is 0.305 e. The van der Waals surface area contributed by atoms with E-state index in [0.29, 0.717) is 18.4 Å². The minimum Gasteiger partial charge on any atom is -0.481 e. The molecule has 118 valence electrons. The predicted octanol–water partition coefficient (Wildman–Crippen LogP) is 2.89. The third-order valence-electron chi connectivity index (χ3n) is 4.36. The normalized spacial score (nSPS) is 11.5. The lowest BCUT2D eigenvalue weighted by Crippen LogP contribution is -2.49. The topological polar surface area (TPSA) is 71.3 Å². The molecule has 0 fully saturated rings. The van der Waals surface area contributed by atoms with Crippen molar-refractivity contribution in [1.29, 1.82) is 0 Å². The molecule has 0 aliphatic rings. The summed E-state index contributed by atoms with van der Waals surface area (Å²) in [5, 5.41) is 12.0. The fraction of sp³-hybridized carbons (Fsp3) is 0.625. The van der Waals surface area contributed by atoms with Gasteiger partial charge < -0.3 is 15.0 Å². The molecule has 0 atom stereocenters. The van der Waals surface area contributed by atoms with Crippen LogP contribution in [-0.2, 0) is 11.3 Å². The standard InChI is InChI=1S/C16H26N2O3/c1-6-16(7-2,10-14(19)20)17-15(21)13-9-11(4)18(8-3)12(13)5/h9H,6-8,10H2,1-5H3,(H,17,21)(H,19,20). The van der Waals surface area contributed by atoms with Gasteiger partial charge in [0.15, 0.2) is 0 Å². The zero-order valence-corrected chi connectivity index (χ0v) is 13.6. The molecule has 21 heavy (non-hydrogen) atoms. The van der Waals surface area contributed by atoms with Gasteiger partial charge in [0.25, 0.3) is 5.91 Å². The van der Waals surface area contributed by atoms with Crippen LogP contribution in [0.15, 0.2) is 6.07 Å². The number of rotatable bonds is 7. The lowest BCUT2D eigenvalue weighted by atomic mass is 9.88. The molecule has 0 saturated heterocycles. The summed E-state index contributed by atoms with van der Waals surface area (Å²) in [7, 11) is 0. The van der Waals surface area contributed by atoms with E-state index in [1.165, 1.54) is 0 Å². The van der Waals surface area contributed by atoms with Crippen molar-refractivity contribution in [3.63, 3.8) is 0 Å². The van der Waals surface area contributed by atoms with Gasteiger partial charge in [-0.25, -0.2) is 0 Å². The molecule has 0 saturated carbocycles. The van der Waals surface area contributed by atoms with Gasteiger partial charge in [-0.15, -0.1) is 0 Å². The molecule has 2 N–H and O–H groups in total. The van der Waals surface area contributed by atoms with Gasteiger partial charge >= 0.3 is 5.97 Å². The Labute approximate surface area is 126 Å². The molecule has 1 aromatic heterocycles. The number of carbonyl (C=O) groups excluding carboxylic acids is 1. The second-order valence-corrected chi connectivity index (χ2v) is 5.54. The average molecular weight is 294 g/mol. The molecule has 0 aromatic carbocycles. The van der Waals surface area contributed by atoms with Crippen LogP contribution in [0.3, 0.4) is 0 Å². The van der Waals surface area contributed by atoms with E-state index >= 15 is 0 Å². The highest BCUT2D eigenvalue weighted by Crippen LogP contribution is 2.22. The van der Waals surface area contributed by atoms with E-state index in [2.05, 4.69) is 9.88 Å². The molecular formula is C16H26N2O3. The summed E-state index contributed by atoms with van der Waals surface area (Å²) in [5.74, 6) is -1.08. The fourth-order valence-electron chi connectivity index (χ4n) is 2.84. The number of nitrogens with one attached hydrogen (secondary N) is 1. The predicted molar refractivity (Wildman–Crippen MR) is 82.6 cm³/mol. The first-order chi connectivity index (χ1) is 9.80. The van der Waals surface area contributed by atoms with Gasteiger partial charge in [0.2, 0.25) is 0 Å². The van der Waals surface area contributed by atoms with Gasteiger partial charge in [-0.1, -0.05) is 13.8 Å². The maximum atomic E-state index is 12.5. The van der Waals surface area contributed by atoms with Gasteiger partial charge in [-0.2, -0.15) is 0 Å². The van der Waals surface area contributed by atoms with Crippen LogP contribution in [-0.4, -0.2) is 27.1 Å². The van der Waals surface area contributed by atoms with Crippen molar-refractivity contribution in [2.24, 2.45) is 0 Å². The molecule has 1 rings (SSSR count). The Morgan fingerprint density at radius 1 is 1.24 bits per heavy atom. The van der Waals surface area contributed by atoms with Crippen LogP contribution < -0.4 is 5.32 Å². The molecule has 0 bridgehead atoms. The number of aryl methyl sites for hydroxylation is 1. The fourth-order valence-corrected chi connectivity index (χ4v) is 2.84. The zero-order valence-electron chi connectivity index (χ0n) is 13.6. The molecule has 0 radical (unpaired) electrons. The molecule has 5 heteroatoms. The molecule has 1 amide bonds. The first kappa shape index (κ1) is 17.3. The Hall–Kier alpha value is -1.78. The van der Waals surface area contributed by atoms with Crippen molar-refractivity contribution in [1.82, 2.24) is 9.88 Å². The van der Waals surface area contributed by atoms with Crippen LogP contribution in [0.4, 0.5) is 0 Å². The van der Waals surface area contributed by atoms with Crippen LogP contribution in [0, 0.1) is 13.8 Å². The van der Waals surface area contributed by atoms with E-state index < -0.39 is 11.5 Å². The Balaban J connectivity index is 3.05. The van der Waals surface area contributed by atoms with Crippen LogP contribution >= 0.6 is 0 Å². The lowest BCUT2D eigenvalue weighted by Gasteiger charge is -2.31. The molecule has 5 nitrogen and oxygen atoms in total. The van der Waals surface area contributed by atoms with Crippen LogP contribution in [0.1, 0.15) is 61.8 Å². The summed E-state index contributed by atoms with van der Waals surface area (Å²) in [6.45, 7) is 10.5. The number of aliphatic carboxylic acids is 1. The Bertz CT molecular complexity index is 528. The van der Waals surface area contributed by atoms with Crippen LogP contribution in [0.25, 0.3) is 0 Å². The van der Waals surface area contributed by atoms with Crippen molar-refractivity contribution in [2.45, 2.75) is 66.0 Å². The molecule has 0 spiro atoms. The molecule has 0 unspecified atom stereocenters. The van der Waals surface area contributed by atoms with E-state index in [9.17, 15) is 9.59 Å². The molecular weight excluding hydrogens is 268 g/mol. The van der Waals surface area contributed by atoms with Crippen LogP contribution in [0.2, 0.25) is 0 Å². The first-order valence-electron chi connectivity index (χ1n) is 7.51. The number of hydrogen-bond donors (Lipinski definition) is 2. The van der Waals surface area contributed by atoms with Gasteiger partial charge in [-0.05, 0) is 39.7 Å². The Morgan fingerprint density at radius 2 is 1.81 bits per heavy atom.